The Kier molecular flexibility index (Phi) is 6.07. The minimum Gasteiger partial charge on any atom is -0.504 e. The van der Waals surface area contributed by atoms with Gasteiger partial charge in [-0.05, 0) is 48.9 Å². The summed E-state index contributed by atoms with van der Waals surface area (Å²) in [5, 5.41) is 19.0. The van der Waals surface area contributed by atoms with Crippen LogP contribution in [-0.4, -0.2) is 22.8 Å². The van der Waals surface area contributed by atoms with Crippen molar-refractivity contribution >= 4 is 18.1 Å². The molecule has 0 fully saturated rings. The SMILES string of the molecule is CCOc1cc(/C=C/c2cccc[n+]2Cc2cccc(C(=O)O)c2)ccc1O. The lowest BCUT2D eigenvalue weighted by Crippen LogP contribution is -2.37. The van der Waals surface area contributed by atoms with Crippen molar-refractivity contribution in [1.82, 2.24) is 0 Å². The molecular formula is C23H22NO4+. The van der Waals surface area contributed by atoms with Gasteiger partial charge in [-0.2, -0.15) is 4.57 Å². The molecule has 0 saturated heterocycles. The van der Waals surface area contributed by atoms with Gasteiger partial charge in [0.25, 0.3) is 0 Å². The molecule has 28 heavy (non-hydrogen) atoms. The third kappa shape index (κ3) is 4.76. The Morgan fingerprint density at radius 1 is 1.07 bits per heavy atom. The zero-order valence-electron chi connectivity index (χ0n) is 15.6. The van der Waals surface area contributed by atoms with E-state index in [1.165, 1.54) is 0 Å². The number of aromatic carboxylic acids is 1. The second kappa shape index (κ2) is 8.86. The highest BCUT2D eigenvalue weighted by atomic mass is 16.5. The lowest BCUT2D eigenvalue weighted by Gasteiger charge is -2.06. The van der Waals surface area contributed by atoms with E-state index in [1.807, 2.05) is 60.2 Å². The van der Waals surface area contributed by atoms with Crippen molar-refractivity contribution in [2.45, 2.75) is 13.5 Å². The summed E-state index contributed by atoms with van der Waals surface area (Å²) in [5.41, 5.74) is 3.06. The Morgan fingerprint density at radius 3 is 2.71 bits per heavy atom. The van der Waals surface area contributed by atoms with Gasteiger partial charge in [0.05, 0.1) is 12.2 Å². The van der Waals surface area contributed by atoms with E-state index in [-0.39, 0.29) is 11.3 Å². The van der Waals surface area contributed by atoms with Gasteiger partial charge in [0.1, 0.15) is 0 Å². The minimum atomic E-state index is -0.933. The maximum absolute atomic E-state index is 11.2. The van der Waals surface area contributed by atoms with Gasteiger partial charge >= 0.3 is 5.97 Å². The standard InChI is InChI=1S/C23H21NO4/c1-2-28-22-15-17(10-12-21(22)25)9-11-20-8-3-4-13-24(20)16-18-6-5-7-19(14-18)23(26)27/h3-15H,2,16H2,1H3,(H,26,27)/p+1. The fourth-order valence-electron chi connectivity index (χ4n) is 2.87. The Bertz CT molecular complexity index is 1010. The first-order valence-electron chi connectivity index (χ1n) is 9.01. The molecule has 5 heteroatoms. The minimum absolute atomic E-state index is 0.118. The number of nitrogens with zero attached hydrogens (tertiary/aromatic N) is 1. The number of aromatic hydroxyl groups is 1. The number of carboxylic acids is 1. The zero-order valence-corrected chi connectivity index (χ0v) is 15.6. The van der Waals surface area contributed by atoms with E-state index < -0.39 is 5.97 Å². The number of benzene rings is 2. The molecule has 142 valence electrons. The lowest BCUT2D eigenvalue weighted by molar-refractivity contribution is -0.690. The van der Waals surface area contributed by atoms with Gasteiger partial charge in [-0.3, -0.25) is 0 Å². The summed E-state index contributed by atoms with van der Waals surface area (Å²) in [5.74, 6) is -0.361. The Balaban J connectivity index is 1.85. The molecule has 1 aromatic heterocycles. The molecule has 0 unspecified atom stereocenters. The van der Waals surface area contributed by atoms with Crippen molar-refractivity contribution in [1.29, 1.82) is 0 Å². The number of carbonyl (C=O) groups is 1. The van der Waals surface area contributed by atoms with Crippen molar-refractivity contribution in [3.05, 3.63) is 89.2 Å². The first-order chi connectivity index (χ1) is 13.6. The van der Waals surface area contributed by atoms with Crippen LogP contribution in [0.5, 0.6) is 11.5 Å². The van der Waals surface area contributed by atoms with Crippen LogP contribution < -0.4 is 9.30 Å². The Morgan fingerprint density at radius 2 is 1.93 bits per heavy atom. The number of aromatic nitrogens is 1. The van der Waals surface area contributed by atoms with Gasteiger partial charge in [0.2, 0.25) is 5.69 Å². The average molecular weight is 376 g/mol. The van der Waals surface area contributed by atoms with Crippen LogP contribution in [0.3, 0.4) is 0 Å². The summed E-state index contributed by atoms with van der Waals surface area (Å²) in [6, 6.07) is 18.0. The fourth-order valence-corrected chi connectivity index (χ4v) is 2.87. The topological polar surface area (TPSA) is 70.6 Å². The highest BCUT2D eigenvalue weighted by molar-refractivity contribution is 5.87. The highest BCUT2D eigenvalue weighted by Crippen LogP contribution is 2.27. The van der Waals surface area contributed by atoms with E-state index in [0.29, 0.717) is 18.9 Å². The molecule has 0 aliphatic carbocycles. The smallest absolute Gasteiger partial charge is 0.335 e. The fraction of sp³-hybridized carbons (Fsp3) is 0.130. The number of carboxylic acid groups (broad SMARTS) is 1. The van der Waals surface area contributed by atoms with Crippen molar-refractivity contribution in [2.75, 3.05) is 6.61 Å². The van der Waals surface area contributed by atoms with E-state index in [1.54, 1.807) is 30.3 Å². The molecule has 0 spiro atoms. The molecule has 2 N–H and O–H groups in total. The van der Waals surface area contributed by atoms with E-state index in [2.05, 4.69) is 0 Å². The molecule has 0 atom stereocenters. The molecule has 0 amide bonds. The predicted molar refractivity (Wildman–Crippen MR) is 107 cm³/mol. The average Bonchev–Trinajstić information content (AvgIpc) is 2.70. The zero-order chi connectivity index (χ0) is 19.9. The predicted octanol–water partition coefficient (Wildman–Crippen LogP) is 4.00. The van der Waals surface area contributed by atoms with Crippen LogP contribution in [0.4, 0.5) is 0 Å². The molecule has 2 aromatic carbocycles. The van der Waals surface area contributed by atoms with E-state index >= 15 is 0 Å². The number of phenolic OH excluding ortho intramolecular Hbond substituents is 1. The summed E-state index contributed by atoms with van der Waals surface area (Å²) < 4.78 is 7.47. The van der Waals surface area contributed by atoms with Crippen LogP contribution in [0, 0.1) is 0 Å². The third-order valence-electron chi connectivity index (χ3n) is 4.23. The number of rotatable bonds is 7. The Hall–Kier alpha value is -3.60. The van der Waals surface area contributed by atoms with Crippen molar-refractivity contribution in [3.63, 3.8) is 0 Å². The second-order valence-electron chi connectivity index (χ2n) is 6.25. The van der Waals surface area contributed by atoms with Gasteiger partial charge in [-0.1, -0.05) is 18.2 Å². The van der Waals surface area contributed by atoms with Crippen molar-refractivity contribution < 1.29 is 24.3 Å². The molecule has 0 bridgehead atoms. The van der Waals surface area contributed by atoms with Crippen LogP contribution in [0.15, 0.2) is 66.9 Å². The van der Waals surface area contributed by atoms with Gasteiger partial charge in [0.15, 0.2) is 24.2 Å². The van der Waals surface area contributed by atoms with Crippen LogP contribution in [0.1, 0.15) is 34.1 Å². The summed E-state index contributed by atoms with van der Waals surface area (Å²) in [7, 11) is 0. The molecule has 0 radical (unpaired) electrons. The lowest BCUT2D eigenvalue weighted by atomic mass is 10.1. The van der Waals surface area contributed by atoms with Crippen LogP contribution in [0.25, 0.3) is 12.2 Å². The monoisotopic (exact) mass is 376 g/mol. The maximum atomic E-state index is 11.2. The maximum Gasteiger partial charge on any atom is 0.335 e. The summed E-state index contributed by atoms with van der Waals surface area (Å²) in [6.07, 6.45) is 5.88. The van der Waals surface area contributed by atoms with Crippen LogP contribution >= 0.6 is 0 Å². The molecule has 0 aliphatic heterocycles. The third-order valence-corrected chi connectivity index (χ3v) is 4.23. The molecule has 1 heterocycles. The molecular weight excluding hydrogens is 354 g/mol. The molecule has 3 aromatic rings. The molecule has 3 rings (SSSR count). The quantitative estimate of drug-likeness (QED) is 0.612. The van der Waals surface area contributed by atoms with E-state index in [4.69, 9.17) is 4.74 Å². The molecule has 5 nitrogen and oxygen atoms in total. The summed E-state index contributed by atoms with van der Waals surface area (Å²) >= 11 is 0. The number of hydrogen-bond donors (Lipinski definition) is 2. The van der Waals surface area contributed by atoms with E-state index in [0.717, 1.165) is 16.8 Å². The largest absolute Gasteiger partial charge is 0.504 e. The normalized spacial score (nSPS) is 10.9. The first kappa shape index (κ1) is 19.2. The first-order valence-corrected chi connectivity index (χ1v) is 9.01. The summed E-state index contributed by atoms with van der Waals surface area (Å²) in [4.78, 5) is 11.2. The number of hydrogen-bond acceptors (Lipinski definition) is 3. The molecule has 0 aliphatic rings. The van der Waals surface area contributed by atoms with Crippen LogP contribution in [0.2, 0.25) is 0 Å². The number of ether oxygens (including phenoxy) is 1. The van der Waals surface area contributed by atoms with Gasteiger partial charge < -0.3 is 14.9 Å². The van der Waals surface area contributed by atoms with Gasteiger partial charge in [-0.15, -0.1) is 0 Å². The van der Waals surface area contributed by atoms with Crippen molar-refractivity contribution in [2.24, 2.45) is 0 Å². The van der Waals surface area contributed by atoms with E-state index in [9.17, 15) is 15.0 Å². The van der Waals surface area contributed by atoms with Crippen LogP contribution in [-0.2, 0) is 6.54 Å². The van der Waals surface area contributed by atoms with Gasteiger partial charge in [-0.25, -0.2) is 4.79 Å². The summed E-state index contributed by atoms with van der Waals surface area (Å²) in [6.45, 7) is 2.91. The highest BCUT2D eigenvalue weighted by Gasteiger charge is 2.10. The number of phenols is 1. The van der Waals surface area contributed by atoms with Gasteiger partial charge in [0, 0.05) is 23.8 Å². The van der Waals surface area contributed by atoms with Crippen molar-refractivity contribution in [3.8, 4) is 11.5 Å². The second-order valence-corrected chi connectivity index (χ2v) is 6.25. The Labute approximate surface area is 163 Å². The molecule has 0 saturated carbocycles. The number of pyridine rings is 1.